The Balaban J connectivity index is 2.31. The van der Waals surface area contributed by atoms with E-state index in [2.05, 4.69) is 24.1 Å². The predicted molar refractivity (Wildman–Crippen MR) is 69.8 cm³/mol. The summed E-state index contributed by atoms with van der Waals surface area (Å²) in [6, 6.07) is 5.34. The Morgan fingerprint density at radius 1 is 1.41 bits per heavy atom. The number of halogens is 1. The zero-order valence-corrected chi connectivity index (χ0v) is 10.9. The van der Waals surface area contributed by atoms with Crippen molar-refractivity contribution in [2.45, 2.75) is 26.8 Å². The predicted octanol–water partition coefficient (Wildman–Crippen LogP) is 2.78. The number of nitrogens with zero attached hydrogens (tertiary/aromatic N) is 1. The van der Waals surface area contributed by atoms with Gasteiger partial charge >= 0.3 is 0 Å². The van der Waals surface area contributed by atoms with Crippen LogP contribution >= 0.6 is 0 Å². The van der Waals surface area contributed by atoms with E-state index >= 15 is 0 Å². The minimum atomic E-state index is -0.101. The molecule has 1 aliphatic rings. The van der Waals surface area contributed by atoms with Crippen LogP contribution in [0.1, 0.15) is 25.8 Å². The van der Waals surface area contributed by atoms with Gasteiger partial charge in [-0.25, -0.2) is 4.39 Å². The van der Waals surface area contributed by atoms with Crippen LogP contribution in [-0.2, 0) is 6.54 Å². The number of anilines is 1. The van der Waals surface area contributed by atoms with E-state index in [0.29, 0.717) is 12.0 Å². The smallest absolute Gasteiger partial charge is 0.146 e. The van der Waals surface area contributed by atoms with Crippen LogP contribution in [0.2, 0.25) is 0 Å². The molecule has 17 heavy (non-hydrogen) atoms. The first-order valence-electron chi connectivity index (χ1n) is 6.20. The molecule has 1 fully saturated rings. The molecule has 1 heterocycles. The quantitative estimate of drug-likeness (QED) is 0.868. The van der Waals surface area contributed by atoms with Crippen LogP contribution in [0.4, 0.5) is 10.1 Å². The summed E-state index contributed by atoms with van der Waals surface area (Å²) in [4.78, 5) is 2.18. The van der Waals surface area contributed by atoms with Crippen LogP contribution in [0.25, 0.3) is 0 Å². The lowest BCUT2D eigenvalue weighted by Gasteiger charge is -2.24. The molecule has 1 saturated heterocycles. The fourth-order valence-corrected chi connectivity index (χ4v) is 2.55. The normalized spacial score (nSPS) is 18.7. The highest BCUT2D eigenvalue weighted by Gasteiger charge is 2.31. The largest absolute Gasteiger partial charge is 0.368 e. The fourth-order valence-electron chi connectivity index (χ4n) is 2.55. The number of hydrogen-bond donors (Lipinski definition) is 1. The lowest BCUT2D eigenvalue weighted by Crippen LogP contribution is -2.25. The van der Waals surface area contributed by atoms with Crippen molar-refractivity contribution in [3.05, 3.63) is 29.6 Å². The summed E-state index contributed by atoms with van der Waals surface area (Å²) in [5, 5.41) is 3.10. The Kier molecular flexibility index (Phi) is 3.38. The summed E-state index contributed by atoms with van der Waals surface area (Å²) in [5.41, 5.74) is 2.12. The summed E-state index contributed by atoms with van der Waals surface area (Å²) in [7, 11) is 1.89. The molecule has 0 amide bonds. The summed E-state index contributed by atoms with van der Waals surface area (Å²) in [6.45, 7) is 7.08. The molecule has 2 nitrogen and oxygen atoms in total. The molecule has 0 saturated carbocycles. The first kappa shape index (κ1) is 12.4. The Bertz CT molecular complexity index is 401. The van der Waals surface area contributed by atoms with Gasteiger partial charge in [-0.2, -0.15) is 0 Å². The molecule has 94 valence electrons. The molecule has 1 aliphatic heterocycles. The lowest BCUT2D eigenvalue weighted by molar-refractivity contribution is 0.418. The van der Waals surface area contributed by atoms with Gasteiger partial charge in [-0.1, -0.05) is 26.0 Å². The Hall–Kier alpha value is -1.09. The van der Waals surface area contributed by atoms with E-state index < -0.39 is 0 Å². The van der Waals surface area contributed by atoms with Gasteiger partial charge in [0, 0.05) is 19.6 Å². The van der Waals surface area contributed by atoms with Crippen molar-refractivity contribution in [1.29, 1.82) is 0 Å². The van der Waals surface area contributed by atoms with Crippen LogP contribution in [0, 0.1) is 11.2 Å². The van der Waals surface area contributed by atoms with Crippen LogP contribution in [-0.4, -0.2) is 20.1 Å². The molecule has 0 atom stereocenters. The van der Waals surface area contributed by atoms with E-state index in [1.54, 1.807) is 12.1 Å². The van der Waals surface area contributed by atoms with Gasteiger partial charge in [0.15, 0.2) is 0 Å². The lowest BCUT2D eigenvalue weighted by atomic mass is 9.93. The minimum absolute atomic E-state index is 0.101. The van der Waals surface area contributed by atoms with Crippen molar-refractivity contribution in [3.8, 4) is 0 Å². The zero-order chi connectivity index (χ0) is 12.5. The number of para-hydroxylation sites is 1. The van der Waals surface area contributed by atoms with Gasteiger partial charge in [0.25, 0.3) is 0 Å². The van der Waals surface area contributed by atoms with Gasteiger partial charge in [0.2, 0.25) is 0 Å². The van der Waals surface area contributed by atoms with E-state index in [-0.39, 0.29) is 5.82 Å². The number of nitrogens with one attached hydrogen (secondary N) is 1. The Morgan fingerprint density at radius 2 is 2.18 bits per heavy atom. The molecule has 0 unspecified atom stereocenters. The van der Waals surface area contributed by atoms with Crippen molar-refractivity contribution >= 4 is 5.69 Å². The third-order valence-electron chi connectivity index (χ3n) is 3.43. The molecule has 0 aromatic heterocycles. The van der Waals surface area contributed by atoms with Gasteiger partial charge in [0.1, 0.15) is 5.82 Å². The van der Waals surface area contributed by atoms with E-state index in [9.17, 15) is 4.39 Å². The van der Waals surface area contributed by atoms with Crippen molar-refractivity contribution in [2.24, 2.45) is 5.41 Å². The monoisotopic (exact) mass is 236 g/mol. The summed E-state index contributed by atoms with van der Waals surface area (Å²) >= 11 is 0. The second-order valence-electron chi connectivity index (χ2n) is 5.61. The van der Waals surface area contributed by atoms with Gasteiger partial charge in [-0.15, -0.1) is 0 Å². The summed E-state index contributed by atoms with van der Waals surface area (Å²) < 4.78 is 14.0. The van der Waals surface area contributed by atoms with Crippen molar-refractivity contribution in [3.63, 3.8) is 0 Å². The molecule has 1 aromatic rings. The molecule has 1 aromatic carbocycles. The highest BCUT2D eigenvalue weighted by Crippen LogP contribution is 2.35. The van der Waals surface area contributed by atoms with E-state index in [0.717, 1.165) is 30.8 Å². The highest BCUT2D eigenvalue weighted by molar-refractivity contribution is 5.56. The molecule has 0 bridgehead atoms. The van der Waals surface area contributed by atoms with Crippen LogP contribution in [0.3, 0.4) is 0 Å². The minimum Gasteiger partial charge on any atom is -0.368 e. The second kappa shape index (κ2) is 4.65. The van der Waals surface area contributed by atoms with Crippen molar-refractivity contribution in [1.82, 2.24) is 5.32 Å². The van der Waals surface area contributed by atoms with Crippen molar-refractivity contribution in [2.75, 3.05) is 25.0 Å². The van der Waals surface area contributed by atoms with Crippen LogP contribution < -0.4 is 10.2 Å². The Labute approximate surface area is 103 Å². The third kappa shape index (κ3) is 2.60. The van der Waals surface area contributed by atoms with Gasteiger partial charge < -0.3 is 10.2 Å². The van der Waals surface area contributed by atoms with Gasteiger partial charge in [-0.05, 0) is 30.5 Å². The first-order valence-corrected chi connectivity index (χ1v) is 6.20. The summed E-state index contributed by atoms with van der Waals surface area (Å²) in [6.07, 6.45) is 1.13. The SMILES string of the molecule is CNCc1cccc(F)c1N1CCC(C)(C)C1. The topological polar surface area (TPSA) is 15.3 Å². The van der Waals surface area contributed by atoms with Gasteiger partial charge in [-0.3, -0.25) is 0 Å². The first-order chi connectivity index (χ1) is 8.03. The molecular formula is C14H21FN2. The van der Waals surface area contributed by atoms with E-state index in [1.165, 1.54) is 0 Å². The highest BCUT2D eigenvalue weighted by atomic mass is 19.1. The average molecular weight is 236 g/mol. The average Bonchev–Trinajstić information content (AvgIpc) is 2.59. The fraction of sp³-hybridized carbons (Fsp3) is 0.571. The standard InChI is InChI=1S/C14H21FN2/c1-14(2)7-8-17(10-14)13-11(9-16-3)5-4-6-12(13)15/h4-6,16H,7-10H2,1-3H3. The number of hydrogen-bond acceptors (Lipinski definition) is 2. The molecule has 0 spiro atoms. The summed E-state index contributed by atoms with van der Waals surface area (Å²) in [5.74, 6) is -0.101. The number of benzene rings is 1. The maximum atomic E-state index is 14.0. The van der Waals surface area contributed by atoms with E-state index in [1.807, 2.05) is 13.1 Å². The Morgan fingerprint density at radius 3 is 2.76 bits per heavy atom. The van der Waals surface area contributed by atoms with Crippen LogP contribution in [0.15, 0.2) is 18.2 Å². The maximum Gasteiger partial charge on any atom is 0.146 e. The van der Waals surface area contributed by atoms with E-state index in [4.69, 9.17) is 0 Å². The number of rotatable bonds is 3. The van der Waals surface area contributed by atoms with Crippen LogP contribution in [0.5, 0.6) is 0 Å². The van der Waals surface area contributed by atoms with Crippen molar-refractivity contribution < 1.29 is 4.39 Å². The molecule has 0 aliphatic carbocycles. The molecule has 1 N–H and O–H groups in total. The second-order valence-corrected chi connectivity index (χ2v) is 5.61. The van der Waals surface area contributed by atoms with Gasteiger partial charge in [0.05, 0.1) is 5.69 Å². The third-order valence-corrected chi connectivity index (χ3v) is 3.43. The zero-order valence-electron chi connectivity index (χ0n) is 10.9. The molecule has 0 radical (unpaired) electrons. The molecule has 3 heteroatoms. The maximum absolute atomic E-state index is 14.0. The molecule has 2 rings (SSSR count). The molecular weight excluding hydrogens is 215 g/mol.